The largest absolute Gasteiger partial charge is 0.346 e. The zero-order chi connectivity index (χ0) is 18.3. The number of nitrogens with zero attached hydrogens (tertiary/aromatic N) is 5. The standard InChI is InChI=1S/C18H20FN5OS/c1-22-10-12(9-20-22)17(25)23(2)14-4-3-7-24(11-14)18-21-15-6-5-13(19)8-16(15)26-18/h5-6,8-10,14H,3-4,7,11H2,1-2H3. The van der Waals surface area contributed by atoms with Gasteiger partial charge in [0.25, 0.3) is 5.91 Å². The first kappa shape index (κ1) is 17.0. The molecule has 3 aromatic rings. The lowest BCUT2D eigenvalue weighted by Gasteiger charge is -2.37. The van der Waals surface area contributed by atoms with Gasteiger partial charge < -0.3 is 9.80 Å². The minimum Gasteiger partial charge on any atom is -0.346 e. The van der Waals surface area contributed by atoms with Crippen LogP contribution in [0.2, 0.25) is 0 Å². The summed E-state index contributed by atoms with van der Waals surface area (Å²) in [6, 6.07) is 4.78. The van der Waals surface area contributed by atoms with Gasteiger partial charge in [0.15, 0.2) is 5.13 Å². The number of piperidine rings is 1. The number of halogens is 1. The second-order valence-corrected chi connectivity index (χ2v) is 7.68. The first-order chi connectivity index (χ1) is 12.5. The zero-order valence-corrected chi connectivity index (χ0v) is 15.5. The molecule has 0 bridgehead atoms. The monoisotopic (exact) mass is 373 g/mol. The highest BCUT2D eigenvalue weighted by molar-refractivity contribution is 7.22. The molecule has 1 aliphatic heterocycles. The van der Waals surface area contributed by atoms with E-state index in [1.165, 1.54) is 23.5 Å². The summed E-state index contributed by atoms with van der Waals surface area (Å²) in [5.74, 6) is -0.262. The second kappa shape index (κ2) is 6.68. The fourth-order valence-electron chi connectivity index (χ4n) is 3.37. The van der Waals surface area contributed by atoms with Gasteiger partial charge in [0.2, 0.25) is 0 Å². The number of aryl methyl sites for hydroxylation is 1. The van der Waals surface area contributed by atoms with E-state index in [1.807, 2.05) is 7.05 Å². The van der Waals surface area contributed by atoms with Gasteiger partial charge in [0, 0.05) is 39.4 Å². The van der Waals surface area contributed by atoms with Crippen LogP contribution in [0.25, 0.3) is 10.2 Å². The Morgan fingerprint density at radius 1 is 1.42 bits per heavy atom. The van der Waals surface area contributed by atoms with Crippen LogP contribution in [0.5, 0.6) is 0 Å². The molecule has 0 N–H and O–H groups in total. The maximum atomic E-state index is 13.4. The third-order valence-electron chi connectivity index (χ3n) is 4.83. The number of aromatic nitrogens is 3. The predicted molar refractivity (Wildman–Crippen MR) is 100 cm³/mol. The summed E-state index contributed by atoms with van der Waals surface area (Å²) in [7, 11) is 3.65. The van der Waals surface area contributed by atoms with Gasteiger partial charge in [-0.05, 0) is 31.0 Å². The van der Waals surface area contributed by atoms with Gasteiger partial charge >= 0.3 is 0 Å². The van der Waals surface area contributed by atoms with E-state index < -0.39 is 0 Å². The van der Waals surface area contributed by atoms with Crippen molar-refractivity contribution in [2.45, 2.75) is 18.9 Å². The molecule has 1 atom stereocenters. The van der Waals surface area contributed by atoms with Crippen molar-refractivity contribution in [3.8, 4) is 0 Å². The number of anilines is 1. The number of fused-ring (bicyclic) bond motifs is 1. The van der Waals surface area contributed by atoms with Crippen molar-refractivity contribution in [3.63, 3.8) is 0 Å². The fraction of sp³-hybridized carbons (Fsp3) is 0.389. The molecule has 8 heteroatoms. The number of carbonyl (C=O) groups is 1. The van der Waals surface area contributed by atoms with Crippen LogP contribution in [0.4, 0.5) is 9.52 Å². The van der Waals surface area contributed by atoms with E-state index in [4.69, 9.17) is 0 Å². The van der Waals surface area contributed by atoms with Crippen LogP contribution in [-0.2, 0) is 7.05 Å². The highest BCUT2D eigenvalue weighted by Gasteiger charge is 2.28. The van der Waals surface area contributed by atoms with Gasteiger partial charge in [-0.2, -0.15) is 5.10 Å². The van der Waals surface area contributed by atoms with Gasteiger partial charge in [-0.15, -0.1) is 0 Å². The van der Waals surface area contributed by atoms with E-state index in [2.05, 4.69) is 15.0 Å². The van der Waals surface area contributed by atoms with Crippen molar-refractivity contribution in [2.24, 2.45) is 7.05 Å². The molecule has 1 amide bonds. The Balaban J connectivity index is 1.52. The number of hydrogen-bond acceptors (Lipinski definition) is 5. The quantitative estimate of drug-likeness (QED) is 0.708. The number of rotatable bonds is 3. The van der Waals surface area contributed by atoms with Gasteiger partial charge in [0.1, 0.15) is 5.82 Å². The maximum Gasteiger partial charge on any atom is 0.257 e. The van der Waals surface area contributed by atoms with Crippen molar-refractivity contribution >= 4 is 32.6 Å². The predicted octanol–water partition coefficient (Wildman–Crippen LogP) is 2.91. The topological polar surface area (TPSA) is 54.3 Å². The summed E-state index contributed by atoms with van der Waals surface area (Å²) in [4.78, 5) is 21.3. The molecule has 1 saturated heterocycles. The maximum absolute atomic E-state index is 13.4. The molecular formula is C18H20FN5OS. The summed E-state index contributed by atoms with van der Waals surface area (Å²) < 4.78 is 15.9. The van der Waals surface area contributed by atoms with Crippen molar-refractivity contribution < 1.29 is 9.18 Å². The van der Waals surface area contributed by atoms with Crippen LogP contribution >= 0.6 is 11.3 Å². The van der Waals surface area contributed by atoms with Gasteiger partial charge in [-0.1, -0.05) is 11.3 Å². The van der Waals surface area contributed by atoms with Crippen molar-refractivity contribution in [2.75, 3.05) is 25.0 Å². The first-order valence-electron chi connectivity index (χ1n) is 8.58. The molecule has 0 radical (unpaired) electrons. The Morgan fingerprint density at radius 2 is 2.27 bits per heavy atom. The number of hydrogen-bond donors (Lipinski definition) is 0. The molecule has 1 unspecified atom stereocenters. The normalized spacial score (nSPS) is 17.7. The first-order valence-corrected chi connectivity index (χ1v) is 9.40. The molecule has 0 saturated carbocycles. The van der Waals surface area contributed by atoms with E-state index in [1.54, 1.807) is 35.1 Å². The summed E-state index contributed by atoms with van der Waals surface area (Å²) in [6.45, 7) is 1.62. The average molecular weight is 373 g/mol. The van der Waals surface area contributed by atoms with Crippen LogP contribution in [0, 0.1) is 5.82 Å². The van der Waals surface area contributed by atoms with E-state index >= 15 is 0 Å². The smallest absolute Gasteiger partial charge is 0.257 e. The zero-order valence-electron chi connectivity index (χ0n) is 14.7. The Hall–Kier alpha value is -2.48. The highest BCUT2D eigenvalue weighted by Crippen LogP contribution is 2.31. The number of thiazole rings is 1. The van der Waals surface area contributed by atoms with Crippen LogP contribution in [0.3, 0.4) is 0 Å². The summed E-state index contributed by atoms with van der Waals surface area (Å²) >= 11 is 1.50. The molecule has 3 heterocycles. The highest BCUT2D eigenvalue weighted by atomic mass is 32.1. The van der Waals surface area contributed by atoms with E-state index in [9.17, 15) is 9.18 Å². The molecule has 0 spiro atoms. The molecule has 26 heavy (non-hydrogen) atoms. The lowest BCUT2D eigenvalue weighted by molar-refractivity contribution is 0.0717. The SMILES string of the molecule is CN(C(=O)c1cnn(C)c1)C1CCCN(c2nc3ccc(F)cc3s2)C1. The second-order valence-electron chi connectivity index (χ2n) is 6.67. The van der Waals surface area contributed by atoms with Crippen LogP contribution in [-0.4, -0.2) is 51.8 Å². The van der Waals surface area contributed by atoms with Crippen LogP contribution in [0.1, 0.15) is 23.2 Å². The Labute approximate surface area is 154 Å². The molecule has 6 nitrogen and oxygen atoms in total. The number of carbonyl (C=O) groups excluding carboxylic acids is 1. The van der Waals surface area contributed by atoms with E-state index in [0.717, 1.165) is 41.3 Å². The van der Waals surface area contributed by atoms with Crippen molar-refractivity contribution in [3.05, 3.63) is 42.0 Å². The lowest BCUT2D eigenvalue weighted by Crippen LogP contribution is -2.48. The van der Waals surface area contributed by atoms with Gasteiger partial charge in [0.05, 0.1) is 22.0 Å². The average Bonchev–Trinajstić information content (AvgIpc) is 3.26. The molecule has 2 aromatic heterocycles. The number of likely N-dealkylation sites (N-methyl/N-ethyl adjacent to an activating group) is 1. The van der Waals surface area contributed by atoms with Crippen molar-refractivity contribution in [1.29, 1.82) is 0 Å². The molecule has 136 valence electrons. The number of amides is 1. The Kier molecular flexibility index (Phi) is 4.36. The van der Waals surface area contributed by atoms with Gasteiger partial charge in [-0.3, -0.25) is 9.48 Å². The van der Waals surface area contributed by atoms with Gasteiger partial charge in [-0.25, -0.2) is 9.37 Å². The van der Waals surface area contributed by atoms with Crippen LogP contribution in [0.15, 0.2) is 30.6 Å². The van der Waals surface area contributed by atoms with Crippen molar-refractivity contribution in [1.82, 2.24) is 19.7 Å². The minimum absolute atomic E-state index is 0.0173. The van der Waals surface area contributed by atoms with E-state index in [-0.39, 0.29) is 17.8 Å². The molecule has 1 aromatic carbocycles. The Morgan fingerprint density at radius 3 is 3.04 bits per heavy atom. The third kappa shape index (κ3) is 3.16. The molecule has 1 fully saturated rings. The summed E-state index contributed by atoms with van der Waals surface area (Å²) in [5.41, 5.74) is 1.41. The lowest BCUT2D eigenvalue weighted by atomic mass is 10.0. The third-order valence-corrected chi connectivity index (χ3v) is 5.91. The molecule has 0 aliphatic carbocycles. The molecule has 4 rings (SSSR count). The summed E-state index contributed by atoms with van der Waals surface area (Å²) in [5, 5.41) is 4.97. The minimum atomic E-state index is -0.244. The molecule has 1 aliphatic rings. The molecular weight excluding hydrogens is 353 g/mol. The fourth-order valence-corrected chi connectivity index (χ4v) is 4.39. The Bertz CT molecular complexity index is 952. The van der Waals surface area contributed by atoms with E-state index in [0.29, 0.717) is 5.56 Å². The summed E-state index contributed by atoms with van der Waals surface area (Å²) in [6.07, 6.45) is 5.28. The number of benzene rings is 1. The van der Waals surface area contributed by atoms with Crippen LogP contribution < -0.4 is 4.90 Å².